The number of hydrogen-bond acceptors (Lipinski definition) is 6. The van der Waals surface area contributed by atoms with Crippen LogP contribution >= 0.6 is 0 Å². The van der Waals surface area contributed by atoms with E-state index in [9.17, 15) is 14.7 Å². The highest BCUT2D eigenvalue weighted by Crippen LogP contribution is 2.41. The van der Waals surface area contributed by atoms with E-state index < -0.39 is 12.1 Å². The Labute approximate surface area is 151 Å². The molecular weight excluding hydrogens is 340 g/mol. The zero-order chi connectivity index (χ0) is 18.8. The zero-order valence-corrected chi connectivity index (χ0v) is 15.0. The fraction of sp³-hybridized carbons (Fsp3) is 0.444. The van der Waals surface area contributed by atoms with Crippen molar-refractivity contribution in [3.05, 3.63) is 29.5 Å². The Morgan fingerprint density at radius 3 is 2.42 bits per heavy atom. The molecule has 8 heteroatoms. The number of benzene rings is 1. The van der Waals surface area contributed by atoms with Gasteiger partial charge in [0.15, 0.2) is 17.3 Å². The molecule has 140 valence electrons. The smallest absolute Gasteiger partial charge is 0.412 e. The molecule has 1 atom stereocenters. The summed E-state index contributed by atoms with van der Waals surface area (Å²) in [5.74, 6) is 0.542. The van der Waals surface area contributed by atoms with E-state index in [1.54, 1.807) is 13.1 Å². The van der Waals surface area contributed by atoms with Crippen LogP contribution < -0.4 is 14.4 Å². The molecule has 2 aliphatic heterocycles. The molecule has 0 spiro atoms. The predicted molar refractivity (Wildman–Crippen MR) is 94.3 cm³/mol. The van der Waals surface area contributed by atoms with Crippen molar-refractivity contribution in [1.29, 1.82) is 0 Å². The number of amides is 1. The van der Waals surface area contributed by atoms with Gasteiger partial charge in [-0.3, -0.25) is 9.69 Å². The first-order chi connectivity index (χ1) is 12.5. The summed E-state index contributed by atoms with van der Waals surface area (Å²) in [5.41, 5.74) is 1.00. The van der Waals surface area contributed by atoms with Gasteiger partial charge in [0.2, 0.25) is 0 Å². The van der Waals surface area contributed by atoms with E-state index in [4.69, 9.17) is 14.2 Å². The molecule has 0 aliphatic carbocycles. The molecule has 0 radical (unpaired) electrons. The first kappa shape index (κ1) is 18.1. The molecule has 1 fully saturated rings. The van der Waals surface area contributed by atoms with Gasteiger partial charge < -0.3 is 24.2 Å². The van der Waals surface area contributed by atoms with Crippen molar-refractivity contribution < 1.29 is 28.9 Å². The maximum atomic E-state index is 13.1. The van der Waals surface area contributed by atoms with Crippen LogP contribution in [-0.4, -0.2) is 68.4 Å². The lowest BCUT2D eigenvalue weighted by molar-refractivity contribution is 0.0585. The Hall–Kier alpha value is -2.74. The number of anilines is 1. The Bertz CT molecular complexity index is 754. The fourth-order valence-electron chi connectivity index (χ4n) is 3.28. The van der Waals surface area contributed by atoms with E-state index in [1.807, 2.05) is 4.90 Å². The van der Waals surface area contributed by atoms with E-state index in [2.05, 4.69) is 0 Å². The lowest BCUT2D eigenvalue weighted by Crippen LogP contribution is -2.46. The Kier molecular flexibility index (Phi) is 5.03. The van der Waals surface area contributed by atoms with Crippen molar-refractivity contribution in [2.75, 3.05) is 45.4 Å². The zero-order valence-electron chi connectivity index (χ0n) is 15.0. The van der Waals surface area contributed by atoms with Gasteiger partial charge in [-0.15, -0.1) is 0 Å². The summed E-state index contributed by atoms with van der Waals surface area (Å²) in [6.45, 7) is 4.19. The molecular formula is C18H22N2O6. The third kappa shape index (κ3) is 3.08. The van der Waals surface area contributed by atoms with Crippen LogP contribution in [0.4, 0.5) is 10.5 Å². The first-order valence-electron chi connectivity index (χ1n) is 8.34. The summed E-state index contributed by atoms with van der Waals surface area (Å²) >= 11 is 0. The minimum absolute atomic E-state index is 0.211. The Balaban J connectivity index is 2.11. The van der Waals surface area contributed by atoms with Crippen molar-refractivity contribution in [1.82, 2.24) is 4.90 Å². The Morgan fingerprint density at radius 1 is 1.23 bits per heavy atom. The third-order valence-electron chi connectivity index (χ3n) is 4.68. The monoisotopic (exact) mass is 362 g/mol. The fourth-order valence-corrected chi connectivity index (χ4v) is 3.28. The molecule has 2 aliphatic rings. The topological polar surface area (TPSA) is 88.5 Å². The van der Waals surface area contributed by atoms with Crippen LogP contribution in [0.25, 0.3) is 0 Å². The summed E-state index contributed by atoms with van der Waals surface area (Å²) in [4.78, 5) is 28.2. The van der Waals surface area contributed by atoms with Gasteiger partial charge >= 0.3 is 6.09 Å². The van der Waals surface area contributed by atoms with Gasteiger partial charge in [0.25, 0.3) is 0 Å². The number of Topliss-reactive ketones (excluding diaryl/α,β-unsaturated/α-hetero) is 1. The maximum absolute atomic E-state index is 13.1. The molecule has 1 aromatic rings. The van der Waals surface area contributed by atoms with E-state index in [-0.39, 0.29) is 11.3 Å². The number of fused-ring (bicyclic) bond motifs is 1. The van der Waals surface area contributed by atoms with Crippen molar-refractivity contribution >= 4 is 17.6 Å². The van der Waals surface area contributed by atoms with Gasteiger partial charge in [-0.2, -0.15) is 0 Å². The molecule has 8 nitrogen and oxygen atoms in total. The van der Waals surface area contributed by atoms with Gasteiger partial charge in [-0.25, -0.2) is 4.79 Å². The van der Waals surface area contributed by atoms with Crippen molar-refractivity contribution in [2.24, 2.45) is 0 Å². The molecule has 1 N–H and O–H groups in total. The number of carboxylic acid groups (broad SMARTS) is 1. The standard InChI is InChI=1S/C18H22N2O6/c1-11-13(10-19-4-6-26-7-5-19)17(21)12-8-15(24-2)16(25-3)9-14(12)20(11)18(22)23/h8-11H,4-7H2,1-3H3,(H,22,23). The van der Waals surface area contributed by atoms with Gasteiger partial charge in [-0.1, -0.05) is 0 Å². The van der Waals surface area contributed by atoms with E-state index >= 15 is 0 Å². The van der Waals surface area contributed by atoms with E-state index in [0.717, 1.165) is 0 Å². The summed E-state index contributed by atoms with van der Waals surface area (Å²) in [6, 6.07) is 2.45. The minimum atomic E-state index is -1.13. The van der Waals surface area contributed by atoms with Crippen LogP contribution in [0.3, 0.4) is 0 Å². The van der Waals surface area contributed by atoms with Gasteiger partial charge in [-0.05, 0) is 13.0 Å². The average molecular weight is 362 g/mol. The number of nitrogens with zero attached hydrogens (tertiary/aromatic N) is 2. The molecule has 1 unspecified atom stereocenters. The van der Waals surface area contributed by atoms with Crippen LogP contribution in [0.5, 0.6) is 11.5 Å². The summed E-state index contributed by atoms with van der Waals surface area (Å²) in [6.07, 6.45) is 0.622. The second-order valence-corrected chi connectivity index (χ2v) is 6.11. The van der Waals surface area contributed by atoms with Crippen LogP contribution in [-0.2, 0) is 4.74 Å². The predicted octanol–water partition coefficient (Wildman–Crippen LogP) is 1.99. The molecule has 3 rings (SSSR count). The molecule has 1 saturated heterocycles. The first-order valence-corrected chi connectivity index (χ1v) is 8.34. The molecule has 0 aromatic heterocycles. The second-order valence-electron chi connectivity index (χ2n) is 6.11. The highest BCUT2D eigenvalue weighted by molar-refractivity contribution is 6.18. The Morgan fingerprint density at radius 2 is 1.85 bits per heavy atom. The lowest BCUT2D eigenvalue weighted by Gasteiger charge is -2.36. The van der Waals surface area contributed by atoms with Gasteiger partial charge in [0.1, 0.15) is 0 Å². The molecule has 0 saturated carbocycles. The van der Waals surface area contributed by atoms with Crippen molar-refractivity contribution in [3.63, 3.8) is 0 Å². The molecule has 1 amide bonds. The highest BCUT2D eigenvalue weighted by atomic mass is 16.5. The summed E-state index contributed by atoms with van der Waals surface area (Å²) < 4.78 is 15.8. The molecule has 2 heterocycles. The van der Waals surface area contributed by atoms with Gasteiger partial charge in [0.05, 0.1) is 44.7 Å². The number of carbonyl (C=O) groups is 2. The largest absolute Gasteiger partial charge is 0.493 e. The molecule has 1 aromatic carbocycles. The molecule has 26 heavy (non-hydrogen) atoms. The van der Waals surface area contributed by atoms with Crippen LogP contribution in [0, 0.1) is 0 Å². The summed E-state index contributed by atoms with van der Waals surface area (Å²) in [7, 11) is 2.94. The number of ketones is 1. The number of hydrogen-bond donors (Lipinski definition) is 1. The normalized spacial score (nSPS) is 21.6. The van der Waals surface area contributed by atoms with Crippen LogP contribution in [0.2, 0.25) is 0 Å². The van der Waals surface area contributed by atoms with Crippen LogP contribution in [0.1, 0.15) is 17.3 Å². The van der Waals surface area contributed by atoms with Crippen LogP contribution in [0.15, 0.2) is 23.9 Å². The number of rotatable bonds is 3. The third-order valence-corrected chi connectivity index (χ3v) is 4.68. The maximum Gasteiger partial charge on any atom is 0.412 e. The lowest BCUT2D eigenvalue weighted by atomic mass is 9.90. The van der Waals surface area contributed by atoms with Gasteiger partial charge in [0, 0.05) is 30.9 Å². The van der Waals surface area contributed by atoms with E-state index in [1.165, 1.54) is 31.3 Å². The average Bonchev–Trinajstić information content (AvgIpc) is 2.64. The quantitative estimate of drug-likeness (QED) is 0.823. The number of morpholine rings is 1. The minimum Gasteiger partial charge on any atom is -0.493 e. The number of ether oxygens (including phenoxy) is 3. The number of carbonyl (C=O) groups excluding carboxylic acids is 1. The SMILES string of the molecule is COc1cc2c(cc1OC)N(C(=O)O)C(C)C(=CN1CCOCC1)C2=O. The second kappa shape index (κ2) is 7.25. The van der Waals surface area contributed by atoms with E-state index in [0.29, 0.717) is 49.1 Å². The molecule has 0 bridgehead atoms. The highest BCUT2D eigenvalue weighted by Gasteiger charge is 2.38. The van der Waals surface area contributed by atoms with Crippen molar-refractivity contribution in [3.8, 4) is 11.5 Å². The summed E-state index contributed by atoms with van der Waals surface area (Å²) in [5, 5.41) is 9.74. The van der Waals surface area contributed by atoms with Crippen molar-refractivity contribution in [2.45, 2.75) is 13.0 Å². The number of methoxy groups -OCH3 is 2.